The van der Waals surface area contributed by atoms with Gasteiger partial charge in [-0.05, 0) is 37.8 Å². The van der Waals surface area contributed by atoms with Crippen LogP contribution in [-0.2, 0) is 4.79 Å². The lowest BCUT2D eigenvalue weighted by molar-refractivity contribution is -0.132. The fourth-order valence-electron chi connectivity index (χ4n) is 2.75. The number of hydrogen-bond acceptors (Lipinski definition) is 2. The van der Waals surface area contributed by atoms with Crippen molar-refractivity contribution in [3.05, 3.63) is 35.4 Å². The molecule has 1 atom stereocenters. The summed E-state index contributed by atoms with van der Waals surface area (Å²) in [5.74, 6) is 0.620. The third kappa shape index (κ3) is 4.59. The number of benzene rings is 1. The first kappa shape index (κ1) is 15.5. The Morgan fingerprint density at radius 3 is 2.90 bits per heavy atom. The van der Waals surface area contributed by atoms with Crippen LogP contribution >= 0.6 is 0 Å². The van der Waals surface area contributed by atoms with E-state index in [1.165, 1.54) is 6.42 Å². The van der Waals surface area contributed by atoms with Gasteiger partial charge in [0.05, 0.1) is 0 Å². The molecule has 0 bridgehead atoms. The maximum atomic E-state index is 12.1. The number of amides is 2. The minimum Gasteiger partial charge on any atom is -0.352 e. The van der Waals surface area contributed by atoms with Gasteiger partial charge in [0.25, 0.3) is 5.91 Å². The van der Waals surface area contributed by atoms with Crippen LogP contribution in [0.4, 0.5) is 0 Å². The third-order valence-electron chi connectivity index (χ3n) is 3.91. The molecule has 0 radical (unpaired) electrons. The van der Waals surface area contributed by atoms with E-state index >= 15 is 0 Å². The molecule has 1 fully saturated rings. The van der Waals surface area contributed by atoms with Gasteiger partial charge >= 0.3 is 0 Å². The highest BCUT2D eigenvalue weighted by Crippen LogP contribution is 2.15. The molecule has 0 spiro atoms. The number of hydrogen-bond donors (Lipinski definition) is 1. The molecule has 21 heavy (non-hydrogen) atoms. The smallest absolute Gasteiger partial charge is 0.251 e. The number of likely N-dealkylation sites (tertiary alicyclic amines) is 1. The molecule has 114 valence electrons. The summed E-state index contributed by atoms with van der Waals surface area (Å²) in [6.45, 7) is 6.24. The van der Waals surface area contributed by atoms with Crippen LogP contribution in [0, 0.1) is 12.8 Å². The molecule has 0 saturated carbocycles. The summed E-state index contributed by atoms with van der Waals surface area (Å²) in [6, 6.07) is 7.46. The van der Waals surface area contributed by atoms with Crippen molar-refractivity contribution in [2.75, 3.05) is 19.6 Å². The van der Waals surface area contributed by atoms with E-state index in [1.54, 1.807) is 6.07 Å². The topological polar surface area (TPSA) is 49.4 Å². The average molecular weight is 288 g/mol. The summed E-state index contributed by atoms with van der Waals surface area (Å²) in [7, 11) is 0. The van der Waals surface area contributed by atoms with Crippen molar-refractivity contribution >= 4 is 11.8 Å². The first-order valence-corrected chi connectivity index (χ1v) is 7.69. The van der Waals surface area contributed by atoms with Gasteiger partial charge in [0.15, 0.2) is 0 Å². The van der Waals surface area contributed by atoms with Gasteiger partial charge in [-0.2, -0.15) is 0 Å². The number of nitrogens with one attached hydrogen (secondary N) is 1. The second-order valence-electron chi connectivity index (χ2n) is 5.96. The Balaban J connectivity index is 1.76. The normalized spacial score (nSPS) is 18.4. The predicted octanol–water partition coefficient (Wildman–Crippen LogP) is 2.37. The van der Waals surface area contributed by atoms with Gasteiger partial charge < -0.3 is 10.2 Å². The number of nitrogens with zero attached hydrogens (tertiary/aromatic N) is 1. The maximum absolute atomic E-state index is 12.1. The Morgan fingerprint density at radius 2 is 2.19 bits per heavy atom. The van der Waals surface area contributed by atoms with Crippen LogP contribution in [0.25, 0.3) is 0 Å². The van der Waals surface area contributed by atoms with Crippen molar-refractivity contribution in [2.45, 2.75) is 33.1 Å². The number of piperidine rings is 1. The Kier molecular flexibility index (Phi) is 5.37. The van der Waals surface area contributed by atoms with Gasteiger partial charge in [-0.3, -0.25) is 9.59 Å². The van der Waals surface area contributed by atoms with E-state index in [4.69, 9.17) is 0 Å². The molecule has 1 aliphatic rings. The molecule has 0 aliphatic carbocycles. The van der Waals surface area contributed by atoms with Crippen molar-refractivity contribution in [1.29, 1.82) is 0 Å². The highest BCUT2D eigenvalue weighted by molar-refractivity contribution is 5.94. The third-order valence-corrected chi connectivity index (χ3v) is 3.91. The quantitative estimate of drug-likeness (QED) is 0.924. The first-order valence-electron chi connectivity index (χ1n) is 7.69. The van der Waals surface area contributed by atoms with Gasteiger partial charge in [-0.15, -0.1) is 0 Å². The lowest BCUT2D eigenvalue weighted by atomic mass is 10.00. The second-order valence-corrected chi connectivity index (χ2v) is 5.96. The lowest BCUT2D eigenvalue weighted by Crippen LogP contribution is -2.40. The molecular weight excluding hydrogens is 264 g/mol. The number of carbonyl (C=O) groups excluding carboxylic acids is 2. The minimum absolute atomic E-state index is 0.112. The lowest BCUT2D eigenvalue weighted by Gasteiger charge is -2.31. The summed E-state index contributed by atoms with van der Waals surface area (Å²) in [5, 5.41) is 2.82. The first-order chi connectivity index (χ1) is 10.1. The summed E-state index contributed by atoms with van der Waals surface area (Å²) in [5.41, 5.74) is 1.70. The highest BCUT2D eigenvalue weighted by atomic mass is 16.2. The van der Waals surface area contributed by atoms with Gasteiger partial charge in [0, 0.05) is 31.6 Å². The molecule has 2 rings (SSSR count). The van der Waals surface area contributed by atoms with Crippen LogP contribution in [-0.4, -0.2) is 36.3 Å². The molecule has 0 unspecified atom stereocenters. The van der Waals surface area contributed by atoms with Crippen LogP contribution in [0.2, 0.25) is 0 Å². The van der Waals surface area contributed by atoms with E-state index in [1.807, 2.05) is 30.0 Å². The monoisotopic (exact) mass is 288 g/mol. The van der Waals surface area contributed by atoms with Crippen molar-refractivity contribution in [3.8, 4) is 0 Å². The van der Waals surface area contributed by atoms with Crippen molar-refractivity contribution in [2.24, 2.45) is 5.92 Å². The van der Waals surface area contributed by atoms with E-state index in [0.717, 1.165) is 25.1 Å². The molecule has 0 aromatic heterocycles. The number of rotatable bonds is 4. The highest BCUT2D eigenvalue weighted by Gasteiger charge is 2.20. The fourth-order valence-corrected chi connectivity index (χ4v) is 2.75. The van der Waals surface area contributed by atoms with Crippen LogP contribution in [0.1, 0.15) is 42.1 Å². The largest absolute Gasteiger partial charge is 0.352 e. The van der Waals surface area contributed by atoms with Crippen molar-refractivity contribution < 1.29 is 9.59 Å². The summed E-state index contributed by atoms with van der Waals surface area (Å²) < 4.78 is 0. The van der Waals surface area contributed by atoms with Crippen LogP contribution < -0.4 is 5.32 Å². The van der Waals surface area contributed by atoms with Gasteiger partial charge in [0.1, 0.15) is 0 Å². The maximum Gasteiger partial charge on any atom is 0.251 e. The van der Waals surface area contributed by atoms with Gasteiger partial charge in [-0.25, -0.2) is 0 Å². The molecule has 1 aromatic carbocycles. The molecule has 1 saturated heterocycles. The Hall–Kier alpha value is -1.84. The average Bonchev–Trinajstić information content (AvgIpc) is 2.47. The van der Waals surface area contributed by atoms with E-state index in [2.05, 4.69) is 12.2 Å². The van der Waals surface area contributed by atoms with E-state index in [0.29, 0.717) is 24.4 Å². The van der Waals surface area contributed by atoms with Crippen LogP contribution in [0.15, 0.2) is 24.3 Å². The zero-order valence-corrected chi connectivity index (χ0v) is 12.9. The predicted molar refractivity (Wildman–Crippen MR) is 83.1 cm³/mol. The fraction of sp³-hybridized carbons (Fsp3) is 0.529. The van der Waals surface area contributed by atoms with E-state index in [-0.39, 0.29) is 11.8 Å². The van der Waals surface area contributed by atoms with Crippen molar-refractivity contribution in [3.63, 3.8) is 0 Å². The van der Waals surface area contributed by atoms with E-state index in [9.17, 15) is 9.59 Å². The van der Waals surface area contributed by atoms with Crippen molar-refractivity contribution in [1.82, 2.24) is 10.2 Å². The molecule has 1 heterocycles. The number of aryl methyl sites for hydroxylation is 1. The van der Waals surface area contributed by atoms with Crippen LogP contribution in [0.3, 0.4) is 0 Å². The molecule has 4 nitrogen and oxygen atoms in total. The Labute approximate surface area is 126 Å². The standard InChI is InChI=1S/C17H24N2O2/c1-13-5-3-7-15(11-13)17(21)18-9-8-16(20)19-10-4-6-14(2)12-19/h3,5,7,11,14H,4,6,8-10,12H2,1-2H3,(H,18,21)/t14-/m0/s1. The summed E-state index contributed by atoms with van der Waals surface area (Å²) >= 11 is 0. The number of carbonyl (C=O) groups is 2. The molecule has 1 aliphatic heterocycles. The summed E-state index contributed by atoms with van der Waals surface area (Å²) in [6.07, 6.45) is 2.67. The zero-order chi connectivity index (χ0) is 15.2. The summed E-state index contributed by atoms with van der Waals surface area (Å²) in [4.78, 5) is 26.0. The molecule has 1 aromatic rings. The zero-order valence-electron chi connectivity index (χ0n) is 12.9. The molecule has 1 N–H and O–H groups in total. The Morgan fingerprint density at radius 1 is 1.38 bits per heavy atom. The Bertz CT molecular complexity index is 513. The van der Waals surface area contributed by atoms with Gasteiger partial charge in [-0.1, -0.05) is 24.6 Å². The van der Waals surface area contributed by atoms with Gasteiger partial charge in [0.2, 0.25) is 5.91 Å². The SMILES string of the molecule is Cc1cccc(C(=O)NCCC(=O)N2CCC[C@H](C)C2)c1. The van der Waals surface area contributed by atoms with Crippen LogP contribution in [0.5, 0.6) is 0 Å². The molecule has 2 amide bonds. The van der Waals surface area contributed by atoms with E-state index < -0.39 is 0 Å². The second kappa shape index (κ2) is 7.25. The minimum atomic E-state index is -0.112. The molecule has 4 heteroatoms. The molecular formula is C17H24N2O2.